The molecule has 0 aromatic carbocycles. The summed E-state index contributed by atoms with van der Waals surface area (Å²) in [6.45, 7) is 6.04. The molecule has 5 nitrogen and oxygen atoms in total. The molecule has 1 heterocycles. The van der Waals surface area contributed by atoms with E-state index >= 15 is 0 Å². The molecule has 0 aromatic heterocycles. The third-order valence-electron chi connectivity index (χ3n) is 1.98. The molecule has 84 valence electrons. The van der Waals surface area contributed by atoms with E-state index in [4.69, 9.17) is 14.7 Å². The van der Waals surface area contributed by atoms with E-state index in [1.54, 1.807) is 20.8 Å². The smallest absolute Gasteiger partial charge is 0.409 e. The first-order valence-corrected chi connectivity index (χ1v) is 4.87. The van der Waals surface area contributed by atoms with Gasteiger partial charge in [0, 0.05) is 6.42 Å². The highest BCUT2D eigenvalue weighted by Crippen LogP contribution is 2.18. The monoisotopic (exact) mass is 212 g/mol. The topological polar surface area (TPSA) is 71.3 Å². The van der Waals surface area contributed by atoms with Crippen molar-refractivity contribution in [3.05, 3.63) is 0 Å². The number of hydrogen-bond acceptors (Lipinski definition) is 4. The second kappa shape index (κ2) is 4.07. The first-order valence-electron chi connectivity index (χ1n) is 4.87. The largest absolute Gasteiger partial charge is 0.444 e. The molecule has 5 heteroatoms. The Kier molecular flexibility index (Phi) is 3.20. The molecule has 0 aliphatic carbocycles. The summed E-state index contributed by atoms with van der Waals surface area (Å²) in [6.07, 6.45) is -0.0718. The Hall–Kier alpha value is -1.28. The molecule has 1 aliphatic heterocycles. The summed E-state index contributed by atoms with van der Waals surface area (Å²) in [5, 5.41) is 11.5. The molecule has 0 aromatic rings. The summed E-state index contributed by atoms with van der Waals surface area (Å²) in [5.74, 6) is 0. The van der Waals surface area contributed by atoms with Gasteiger partial charge in [-0.3, -0.25) is 0 Å². The van der Waals surface area contributed by atoms with Crippen molar-refractivity contribution in [1.82, 2.24) is 5.32 Å². The minimum absolute atomic E-state index is 0.225. The van der Waals surface area contributed by atoms with E-state index in [2.05, 4.69) is 11.4 Å². The lowest BCUT2D eigenvalue weighted by atomic mass is 10.0. The molecule has 1 atom stereocenters. The van der Waals surface area contributed by atoms with E-state index in [0.717, 1.165) is 0 Å². The van der Waals surface area contributed by atoms with Gasteiger partial charge in [0.25, 0.3) is 0 Å². The van der Waals surface area contributed by atoms with Gasteiger partial charge < -0.3 is 14.8 Å². The third kappa shape index (κ3) is 3.40. The van der Waals surface area contributed by atoms with Crippen molar-refractivity contribution >= 4 is 6.09 Å². The average Bonchev–Trinajstić information content (AvgIpc) is 2.50. The highest BCUT2D eigenvalue weighted by atomic mass is 16.6. The minimum atomic E-state index is -0.914. The van der Waals surface area contributed by atoms with Gasteiger partial charge in [-0.2, -0.15) is 5.26 Å². The first kappa shape index (κ1) is 11.8. The Morgan fingerprint density at radius 2 is 2.27 bits per heavy atom. The molecule has 0 radical (unpaired) electrons. The highest BCUT2D eigenvalue weighted by molar-refractivity contribution is 5.69. The molecule has 1 amide bonds. The fourth-order valence-corrected chi connectivity index (χ4v) is 1.28. The van der Waals surface area contributed by atoms with Crippen LogP contribution >= 0.6 is 0 Å². The maximum Gasteiger partial charge on any atom is 0.409 e. The predicted octanol–water partition coefficient (Wildman–Crippen LogP) is 1.19. The molecule has 0 spiro atoms. The van der Waals surface area contributed by atoms with Gasteiger partial charge in [0.05, 0.1) is 19.3 Å². The number of rotatable bonds is 1. The number of hydrogen-bond donors (Lipinski definition) is 1. The summed E-state index contributed by atoms with van der Waals surface area (Å²) >= 11 is 0. The van der Waals surface area contributed by atoms with Gasteiger partial charge in [-0.05, 0) is 20.8 Å². The lowest BCUT2D eigenvalue weighted by Gasteiger charge is -2.24. The lowest BCUT2D eigenvalue weighted by Crippen LogP contribution is -2.49. The second-order valence-electron chi connectivity index (χ2n) is 4.62. The van der Waals surface area contributed by atoms with E-state index in [-0.39, 0.29) is 6.61 Å². The van der Waals surface area contributed by atoms with Crippen LogP contribution < -0.4 is 5.32 Å². The van der Waals surface area contributed by atoms with E-state index in [9.17, 15) is 4.79 Å². The average molecular weight is 212 g/mol. The Labute approximate surface area is 89.3 Å². The van der Waals surface area contributed by atoms with Crippen LogP contribution in [0.1, 0.15) is 27.2 Å². The first-order chi connectivity index (χ1) is 6.87. The summed E-state index contributed by atoms with van der Waals surface area (Å²) < 4.78 is 10.2. The number of nitrogens with zero attached hydrogens (tertiary/aromatic N) is 1. The number of carbonyl (C=O) groups excluding carboxylic acids is 1. The fraction of sp³-hybridized carbons (Fsp3) is 0.800. The number of amides is 1. The van der Waals surface area contributed by atoms with Crippen molar-refractivity contribution < 1.29 is 14.3 Å². The molecule has 1 aliphatic rings. The Morgan fingerprint density at radius 1 is 1.60 bits per heavy atom. The molecule has 1 N–H and O–H groups in total. The predicted molar refractivity (Wildman–Crippen MR) is 53.1 cm³/mol. The Morgan fingerprint density at radius 3 is 2.67 bits per heavy atom. The van der Waals surface area contributed by atoms with Crippen LogP contribution in [0, 0.1) is 11.3 Å². The van der Waals surface area contributed by atoms with Crippen molar-refractivity contribution in [2.45, 2.75) is 38.3 Å². The van der Waals surface area contributed by atoms with E-state index < -0.39 is 17.2 Å². The molecule has 1 rings (SSSR count). The van der Waals surface area contributed by atoms with Crippen molar-refractivity contribution in [3.63, 3.8) is 0 Å². The maximum atomic E-state index is 11.4. The molecule has 15 heavy (non-hydrogen) atoms. The van der Waals surface area contributed by atoms with Gasteiger partial charge in [-0.25, -0.2) is 4.79 Å². The zero-order chi connectivity index (χ0) is 11.5. The maximum absolute atomic E-state index is 11.4. The number of ether oxygens (including phenoxy) is 2. The van der Waals surface area contributed by atoms with Crippen molar-refractivity contribution in [2.24, 2.45) is 0 Å². The lowest BCUT2D eigenvalue weighted by molar-refractivity contribution is 0.0471. The summed E-state index contributed by atoms with van der Waals surface area (Å²) in [5.41, 5.74) is -1.47. The summed E-state index contributed by atoms with van der Waals surface area (Å²) in [7, 11) is 0. The SMILES string of the molecule is CC(C)(C)OC(=O)NC1(C#N)CCOC1. The number of alkyl carbamates (subject to hydrolysis) is 1. The Balaban J connectivity index is 2.54. The van der Waals surface area contributed by atoms with Crippen LogP contribution in [0.3, 0.4) is 0 Å². The summed E-state index contributed by atoms with van der Waals surface area (Å²) in [6, 6.07) is 2.06. The molecule has 1 saturated heterocycles. The highest BCUT2D eigenvalue weighted by Gasteiger charge is 2.37. The van der Waals surface area contributed by atoms with Crippen LogP contribution in [-0.2, 0) is 9.47 Å². The van der Waals surface area contributed by atoms with Crippen LogP contribution in [0.15, 0.2) is 0 Å². The molecular formula is C10H16N2O3. The second-order valence-corrected chi connectivity index (χ2v) is 4.62. The van der Waals surface area contributed by atoms with Crippen LogP contribution in [0.25, 0.3) is 0 Å². The molecule has 1 fully saturated rings. The van der Waals surface area contributed by atoms with Gasteiger partial charge in [0.15, 0.2) is 5.54 Å². The quantitative estimate of drug-likeness (QED) is 0.708. The number of carbonyl (C=O) groups is 1. The van der Waals surface area contributed by atoms with E-state index in [0.29, 0.717) is 13.0 Å². The van der Waals surface area contributed by atoms with Gasteiger partial charge in [0.2, 0.25) is 0 Å². The van der Waals surface area contributed by atoms with Crippen LogP contribution in [-0.4, -0.2) is 30.4 Å². The van der Waals surface area contributed by atoms with Gasteiger partial charge in [0.1, 0.15) is 5.60 Å². The summed E-state index contributed by atoms with van der Waals surface area (Å²) in [4.78, 5) is 11.4. The molecular weight excluding hydrogens is 196 g/mol. The van der Waals surface area contributed by atoms with Gasteiger partial charge >= 0.3 is 6.09 Å². The van der Waals surface area contributed by atoms with Gasteiger partial charge in [-0.1, -0.05) is 0 Å². The molecule has 0 saturated carbocycles. The molecule has 1 unspecified atom stereocenters. The fourth-order valence-electron chi connectivity index (χ4n) is 1.28. The van der Waals surface area contributed by atoms with E-state index in [1.165, 1.54) is 0 Å². The Bertz CT molecular complexity index is 282. The zero-order valence-electron chi connectivity index (χ0n) is 9.29. The number of nitriles is 1. The van der Waals surface area contributed by atoms with Crippen molar-refractivity contribution in [3.8, 4) is 6.07 Å². The van der Waals surface area contributed by atoms with Crippen molar-refractivity contribution in [1.29, 1.82) is 5.26 Å². The minimum Gasteiger partial charge on any atom is -0.444 e. The zero-order valence-corrected chi connectivity index (χ0v) is 9.29. The van der Waals surface area contributed by atoms with Crippen molar-refractivity contribution in [2.75, 3.05) is 13.2 Å². The van der Waals surface area contributed by atoms with Crippen LogP contribution in [0.5, 0.6) is 0 Å². The molecule has 0 bridgehead atoms. The van der Waals surface area contributed by atoms with E-state index in [1.807, 2.05) is 0 Å². The van der Waals surface area contributed by atoms with Gasteiger partial charge in [-0.15, -0.1) is 0 Å². The van der Waals surface area contributed by atoms with Crippen LogP contribution in [0.2, 0.25) is 0 Å². The number of nitrogens with one attached hydrogen (secondary N) is 1. The standard InChI is InChI=1S/C10H16N2O3/c1-9(2,3)15-8(13)12-10(6-11)4-5-14-7-10/h4-5,7H2,1-3H3,(H,12,13). The van der Waals surface area contributed by atoms with Crippen LogP contribution in [0.4, 0.5) is 4.79 Å². The normalized spacial score (nSPS) is 25.7. The third-order valence-corrected chi connectivity index (χ3v) is 1.98.